The van der Waals surface area contributed by atoms with Gasteiger partial charge >= 0.3 is 0 Å². The van der Waals surface area contributed by atoms with Gasteiger partial charge in [-0.05, 0) is 18.1 Å². The molecule has 0 unspecified atom stereocenters. The van der Waals surface area contributed by atoms with Crippen molar-refractivity contribution in [1.82, 2.24) is 4.98 Å². The molecule has 16 heavy (non-hydrogen) atoms. The number of carbonyl (C=O) groups excluding carboxylic acids is 1. The van der Waals surface area contributed by atoms with E-state index in [9.17, 15) is 15.0 Å². The molecule has 86 valence electrons. The van der Waals surface area contributed by atoms with Gasteiger partial charge in [-0.3, -0.25) is 4.79 Å². The van der Waals surface area contributed by atoms with E-state index < -0.39 is 12.2 Å². The molecule has 1 aromatic heterocycles. The zero-order valence-electron chi connectivity index (χ0n) is 8.51. The van der Waals surface area contributed by atoms with Crippen LogP contribution in [0.25, 0.3) is 0 Å². The fraction of sp³-hybridized carbons (Fsp3) is 0.455. The lowest BCUT2D eigenvalue weighted by atomic mass is 9.80. The highest BCUT2D eigenvalue weighted by Gasteiger charge is 2.34. The molecule has 0 aromatic carbocycles. The maximum Gasteiger partial charge on any atom is 0.143 e. The summed E-state index contributed by atoms with van der Waals surface area (Å²) >= 11 is 5.65. The lowest BCUT2D eigenvalue weighted by molar-refractivity contribution is -0.129. The summed E-state index contributed by atoms with van der Waals surface area (Å²) in [6, 6.07) is 3.34. The highest BCUT2D eigenvalue weighted by Crippen LogP contribution is 2.30. The molecular weight excluding hydrogens is 230 g/mol. The quantitative estimate of drug-likeness (QED) is 0.717. The first-order valence-corrected chi connectivity index (χ1v) is 5.46. The lowest BCUT2D eigenvalue weighted by Crippen LogP contribution is -2.38. The Balaban J connectivity index is 2.20. The average Bonchev–Trinajstić information content (AvgIpc) is 2.25. The van der Waals surface area contributed by atoms with Crippen LogP contribution >= 0.6 is 11.6 Å². The molecule has 2 rings (SSSR count). The maximum absolute atomic E-state index is 11.7. The van der Waals surface area contributed by atoms with Crippen molar-refractivity contribution >= 4 is 17.4 Å². The number of ketones is 1. The average molecular weight is 242 g/mol. The number of aliphatic hydroxyl groups excluding tert-OH is 2. The minimum absolute atomic E-state index is 0.00550. The number of aromatic nitrogens is 1. The van der Waals surface area contributed by atoms with Gasteiger partial charge in [0.1, 0.15) is 10.9 Å². The number of halogens is 1. The third-order valence-electron chi connectivity index (χ3n) is 2.87. The van der Waals surface area contributed by atoms with Crippen LogP contribution in [0.3, 0.4) is 0 Å². The summed E-state index contributed by atoms with van der Waals surface area (Å²) in [6.45, 7) is 0. The van der Waals surface area contributed by atoms with Gasteiger partial charge in [-0.2, -0.15) is 0 Å². The molecule has 0 amide bonds. The third-order valence-corrected chi connectivity index (χ3v) is 3.10. The van der Waals surface area contributed by atoms with Crippen LogP contribution in [0.1, 0.15) is 24.3 Å². The minimum atomic E-state index is -0.941. The summed E-state index contributed by atoms with van der Waals surface area (Å²) in [5, 5.41) is 19.3. The molecule has 0 radical (unpaired) electrons. The minimum Gasteiger partial charge on any atom is -0.390 e. The van der Waals surface area contributed by atoms with Gasteiger partial charge in [0.2, 0.25) is 0 Å². The Hall–Kier alpha value is -0.970. The second-order valence-electron chi connectivity index (χ2n) is 4.01. The molecule has 2 N–H and O–H groups in total. The number of Topliss-reactive ketones (excluding diaryl/α,β-unsaturated/α-hetero) is 1. The second kappa shape index (κ2) is 4.49. The van der Waals surface area contributed by atoms with Crippen LogP contribution in [-0.2, 0) is 4.79 Å². The highest BCUT2D eigenvalue weighted by atomic mass is 35.5. The number of pyridine rings is 1. The SMILES string of the molecule is O=C1C[C@@H](O)[C@H](O)C[C@H]1c1ccc(Cl)nc1. The maximum atomic E-state index is 11.7. The molecule has 1 heterocycles. The monoisotopic (exact) mass is 241 g/mol. The smallest absolute Gasteiger partial charge is 0.143 e. The van der Waals surface area contributed by atoms with E-state index in [4.69, 9.17) is 11.6 Å². The normalized spacial score (nSPS) is 30.4. The van der Waals surface area contributed by atoms with Crippen LogP contribution < -0.4 is 0 Å². The molecule has 0 bridgehead atoms. The molecule has 0 spiro atoms. The van der Waals surface area contributed by atoms with Gasteiger partial charge in [-0.25, -0.2) is 4.98 Å². The van der Waals surface area contributed by atoms with E-state index in [1.165, 1.54) is 6.20 Å². The Morgan fingerprint density at radius 2 is 2.06 bits per heavy atom. The van der Waals surface area contributed by atoms with Crippen LogP contribution in [0.2, 0.25) is 5.15 Å². The standard InChI is InChI=1S/C11H12ClNO3/c12-11-2-1-6(5-13-11)7-3-9(15)10(16)4-8(7)14/h1-2,5,7,9-10,15-16H,3-4H2/t7-,9+,10+/m0/s1. The molecule has 5 heteroatoms. The molecule has 0 saturated heterocycles. The van der Waals surface area contributed by atoms with Crippen molar-refractivity contribution in [1.29, 1.82) is 0 Å². The number of nitrogens with zero attached hydrogens (tertiary/aromatic N) is 1. The summed E-state index contributed by atoms with van der Waals surface area (Å²) < 4.78 is 0. The largest absolute Gasteiger partial charge is 0.390 e. The van der Waals surface area contributed by atoms with Crippen molar-refractivity contribution in [2.24, 2.45) is 0 Å². The van der Waals surface area contributed by atoms with Crippen molar-refractivity contribution in [3.8, 4) is 0 Å². The van der Waals surface area contributed by atoms with E-state index in [1.54, 1.807) is 12.1 Å². The van der Waals surface area contributed by atoms with Crippen molar-refractivity contribution in [3.63, 3.8) is 0 Å². The molecule has 4 nitrogen and oxygen atoms in total. The van der Waals surface area contributed by atoms with Gasteiger partial charge in [0.15, 0.2) is 0 Å². The molecule has 0 aliphatic heterocycles. The summed E-state index contributed by atoms with van der Waals surface area (Å²) in [7, 11) is 0. The number of hydrogen-bond acceptors (Lipinski definition) is 4. The molecule has 1 fully saturated rings. The van der Waals surface area contributed by atoms with Crippen molar-refractivity contribution in [3.05, 3.63) is 29.0 Å². The summed E-state index contributed by atoms with van der Waals surface area (Å²) in [6.07, 6.45) is -0.0185. The van der Waals surface area contributed by atoms with Crippen LogP contribution in [0.4, 0.5) is 0 Å². The van der Waals surface area contributed by atoms with Crippen molar-refractivity contribution in [2.45, 2.75) is 31.0 Å². The third kappa shape index (κ3) is 2.24. The highest BCUT2D eigenvalue weighted by molar-refractivity contribution is 6.29. The Kier molecular flexibility index (Phi) is 3.23. The van der Waals surface area contributed by atoms with Gasteiger partial charge in [0, 0.05) is 18.5 Å². The summed E-state index contributed by atoms with van der Waals surface area (Å²) in [4.78, 5) is 15.6. The Labute approximate surface area is 97.9 Å². The number of aliphatic hydroxyl groups is 2. The van der Waals surface area contributed by atoms with Gasteiger partial charge in [0.25, 0.3) is 0 Å². The Bertz CT molecular complexity index is 393. The van der Waals surface area contributed by atoms with Crippen molar-refractivity contribution in [2.75, 3.05) is 0 Å². The fourth-order valence-electron chi connectivity index (χ4n) is 1.93. The number of hydrogen-bond donors (Lipinski definition) is 2. The van der Waals surface area contributed by atoms with E-state index in [-0.39, 0.29) is 24.5 Å². The zero-order valence-corrected chi connectivity index (χ0v) is 9.26. The van der Waals surface area contributed by atoms with Gasteiger partial charge in [0.05, 0.1) is 12.2 Å². The van der Waals surface area contributed by atoms with E-state index in [0.29, 0.717) is 5.15 Å². The first-order valence-electron chi connectivity index (χ1n) is 5.08. The molecule has 1 aromatic rings. The van der Waals surface area contributed by atoms with Crippen LogP contribution in [-0.4, -0.2) is 33.2 Å². The number of carbonyl (C=O) groups is 1. The molecule has 1 aliphatic rings. The number of rotatable bonds is 1. The van der Waals surface area contributed by atoms with E-state index in [2.05, 4.69) is 4.98 Å². The van der Waals surface area contributed by atoms with E-state index in [0.717, 1.165) is 5.56 Å². The predicted octanol–water partition coefficient (Wildman–Crippen LogP) is 0.903. The Morgan fingerprint density at radius 3 is 2.69 bits per heavy atom. The molecule has 1 aliphatic carbocycles. The topological polar surface area (TPSA) is 70.4 Å². The predicted molar refractivity (Wildman–Crippen MR) is 58.2 cm³/mol. The van der Waals surface area contributed by atoms with Gasteiger partial charge < -0.3 is 10.2 Å². The molecular formula is C11H12ClNO3. The zero-order chi connectivity index (χ0) is 11.7. The lowest BCUT2D eigenvalue weighted by Gasteiger charge is -2.28. The second-order valence-corrected chi connectivity index (χ2v) is 4.39. The first-order chi connectivity index (χ1) is 7.58. The van der Waals surface area contributed by atoms with Crippen LogP contribution in [0.5, 0.6) is 0 Å². The molecule has 1 saturated carbocycles. The van der Waals surface area contributed by atoms with Crippen molar-refractivity contribution < 1.29 is 15.0 Å². The van der Waals surface area contributed by atoms with Gasteiger partial charge in [-0.15, -0.1) is 0 Å². The van der Waals surface area contributed by atoms with Gasteiger partial charge in [-0.1, -0.05) is 17.7 Å². The Morgan fingerprint density at radius 1 is 1.31 bits per heavy atom. The molecule has 3 atom stereocenters. The summed E-state index contributed by atoms with van der Waals surface area (Å²) in [5.41, 5.74) is 0.736. The fourth-order valence-corrected chi connectivity index (χ4v) is 2.04. The first kappa shape index (κ1) is 11.5. The van der Waals surface area contributed by atoms with E-state index >= 15 is 0 Å². The van der Waals surface area contributed by atoms with E-state index in [1.807, 2.05) is 0 Å². The van der Waals surface area contributed by atoms with Crippen LogP contribution in [0, 0.1) is 0 Å². The summed E-state index contributed by atoms with van der Waals surface area (Å²) in [5.74, 6) is -0.454. The van der Waals surface area contributed by atoms with Crippen LogP contribution in [0.15, 0.2) is 18.3 Å².